The topological polar surface area (TPSA) is 130 Å². The van der Waals surface area contributed by atoms with Gasteiger partial charge < -0.3 is 25.7 Å². The second-order valence-corrected chi connectivity index (χ2v) is 13.3. The van der Waals surface area contributed by atoms with Gasteiger partial charge in [-0.05, 0) is 102 Å². The molecule has 0 aromatic heterocycles. The molecule has 6 rings (SSSR count). The molecule has 8 heteroatoms. The zero-order valence-corrected chi connectivity index (χ0v) is 30.6. The van der Waals surface area contributed by atoms with Crippen molar-refractivity contribution in [3.8, 4) is 23.0 Å². The molecule has 0 saturated carbocycles. The Hall–Kier alpha value is -5.76. The SMILES string of the molecule is CC.CCCCN1C(=O)CC(C)(C)NC1=O.Oc1ccc(C(c2ccc(O)cc2)c2ccc(C(c3ccc(O)cc3)c3ccc(O)cc3)cc2)cc1. The maximum absolute atomic E-state index is 11.6. The van der Waals surface area contributed by atoms with Crippen LogP contribution in [0.5, 0.6) is 23.0 Å². The van der Waals surface area contributed by atoms with Gasteiger partial charge in [0.15, 0.2) is 0 Å². The number of amides is 3. The van der Waals surface area contributed by atoms with E-state index in [-0.39, 0.29) is 46.8 Å². The molecule has 1 aliphatic rings. The quantitative estimate of drug-likeness (QED) is 0.0974. The highest BCUT2D eigenvalue weighted by atomic mass is 16.3. The van der Waals surface area contributed by atoms with E-state index in [9.17, 15) is 30.0 Å². The molecule has 5 aromatic rings. The lowest BCUT2D eigenvalue weighted by molar-refractivity contribution is -0.131. The monoisotopic (exact) mass is 702 g/mol. The number of carbonyl (C=O) groups is 2. The summed E-state index contributed by atoms with van der Waals surface area (Å²) in [6.45, 7) is 10.3. The molecule has 1 fully saturated rings. The molecule has 5 N–H and O–H groups in total. The Morgan fingerprint density at radius 1 is 0.558 bits per heavy atom. The van der Waals surface area contributed by atoms with E-state index in [0.29, 0.717) is 13.0 Å². The molecule has 0 bridgehead atoms. The molecular formula is C44H50N2O6. The molecule has 0 aliphatic carbocycles. The molecule has 0 spiro atoms. The van der Waals surface area contributed by atoms with Gasteiger partial charge in [-0.25, -0.2) is 4.79 Å². The van der Waals surface area contributed by atoms with Crippen LogP contribution >= 0.6 is 0 Å². The number of hydrogen-bond donors (Lipinski definition) is 5. The number of nitrogens with zero attached hydrogens (tertiary/aromatic N) is 1. The van der Waals surface area contributed by atoms with Crippen LogP contribution in [0.25, 0.3) is 0 Å². The predicted molar refractivity (Wildman–Crippen MR) is 206 cm³/mol. The largest absolute Gasteiger partial charge is 0.508 e. The number of carbonyl (C=O) groups excluding carboxylic acids is 2. The summed E-state index contributed by atoms with van der Waals surface area (Å²) in [6, 6.07) is 36.9. The third kappa shape index (κ3) is 10.2. The summed E-state index contributed by atoms with van der Waals surface area (Å²) < 4.78 is 0. The lowest BCUT2D eigenvalue weighted by Gasteiger charge is -2.36. The van der Waals surface area contributed by atoms with Crippen LogP contribution < -0.4 is 5.32 Å². The number of phenolic OH excluding ortho intramolecular Hbond substituents is 4. The average Bonchev–Trinajstić information content (AvgIpc) is 3.13. The van der Waals surface area contributed by atoms with E-state index in [0.717, 1.165) is 46.2 Å². The van der Waals surface area contributed by atoms with Crippen LogP contribution in [0.4, 0.5) is 4.79 Å². The number of hydrogen-bond acceptors (Lipinski definition) is 6. The zero-order valence-electron chi connectivity index (χ0n) is 30.6. The normalized spacial score (nSPS) is 13.5. The Morgan fingerprint density at radius 3 is 1.08 bits per heavy atom. The first kappa shape index (κ1) is 39.0. The summed E-state index contributed by atoms with van der Waals surface area (Å²) in [6.07, 6.45) is 2.25. The van der Waals surface area contributed by atoms with Gasteiger partial charge in [-0.2, -0.15) is 0 Å². The van der Waals surface area contributed by atoms with Gasteiger partial charge in [-0.3, -0.25) is 9.69 Å². The van der Waals surface area contributed by atoms with Crippen molar-refractivity contribution in [3.05, 3.63) is 155 Å². The van der Waals surface area contributed by atoms with Gasteiger partial charge in [0.2, 0.25) is 5.91 Å². The summed E-state index contributed by atoms with van der Waals surface area (Å²) >= 11 is 0. The van der Waals surface area contributed by atoms with Crippen molar-refractivity contribution < 1.29 is 30.0 Å². The van der Waals surface area contributed by atoms with Crippen molar-refractivity contribution in [1.82, 2.24) is 10.2 Å². The fraction of sp³-hybridized carbons (Fsp3) is 0.273. The van der Waals surface area contributed by atoms with E-state index in [1.54, 1.807) is 48.5 Å². The predicted octanol–water partition coefficient (Wildman–Crippen LogP) is 9.40. The van der Waals surface area contributed by atoms with E-state index in [1.807, 2.05) is 83.1 Å². The lowest BCUT2D eigenvalue weighted by Crippen LogP contribution is -2.59. The van der Waals surface area contributed by atoms with Crippen LogP contribution in [-0.2, 0) is 4.79 Å². The summed E-state index contributed by atoms with van der Waals surface area (Å²) in [7, 11) is 0. The van der Waals surface area contributed by atoms with Crippen LogP contribution in [0.3, 0.4) is 0 Å². The molecule has 5 aromatic carbocycles. The molecule has 3 amide bonds. The van der Waals surface area contributed by atoms with Crippen molar-refractivity contribution in [3.63, 3.8) is 0 Å². The lowest BCUT2D eigenvalue weighted by atomic mass is 9.81. The summed E-state index contributed by atoms with van der Waals surface area (Å²) in [5, 5.41) is 42.0. The minimum atomic E-state index is -0.392. The maximum Gasteiger partial charge on any atom is 0.324 e. The van der Waals surface area contributed by atoms with Gasteiger partial charge in [0.1, 0.15) is 23.0 Å². The van der Waals surface area contributed by atoms with Crippen LogP contribution in [-0.4, -0.2) is 49.3 Å². The second-order valence-electron chi connectivity index (χ2n) is 13.3. The number of nitrogens with one attached hydrogen (secondary N) is 1. The van der Waals surface area contributed by atoms with Gasteiger partial charge in [0, 0.05) is 30.3 Å². The van der Waals surface area contributed by atoms with Gasteiger partial charge in [-0.1, -0.05) is 100.0 Å². The molecule has 1 saturated heterocycles. The van der Waals surface area contributed by atoms with E-state index >= 15 is 0 Å². The highest BCUT2D eigenvalue weighted by Gasteiger charge is 2.36. The van der Waals surface area contributed by atoms with Gasteiger partial charge in [0.25, 0.3) is 0 Å². The zero-order chi connectivity index (χ0) is 37.8. The smallest absolute Gasteiger partial charge is 0.324 e. The number of benzene rings is 5. The molecule has 8 nitrogen and oxygen atoms in total. The molecular weight excluding hydrogens is 652 g/mol. The molecule has 0 unspecified atom stereocenters. The molecule has 272 valence electrons. The fourth-order valence-electron chi connectivity index (χ4n) is 6.23. The summed E-state index contributed by atoms with van der Waals surface area (Å²) in [5.74, 6) is 0.621. The van der Waals surface area contributed by atoms with E-state index in [4.69, 9.17) is 0 Å². The molecule has 52 heavy (non-hydrogen) atoms. The number of aromatic hydroxyl groups is 4. The molecule has 1 heterocycles. The summed E-state index contributed by atoms with van der Waals surface area (Å²) in [4.78, 5) is 24.4. The minimum Gasteiger partial charge on any atom is -0.508 e. The molecule has 0 radical (unpaired) electrons. The van der Waals surface area contributed by atoms with Crippen LogP contribution in [0.1, 0.15) is 99.1 Å². The summed E-state index contributed by atoms with van der Waals surface area (Å²) in [5.41, 5.74) is 5.87. The standard InChI is InChI=1S/C32H26O4.C10H18N2O2.C2H6/c33-27-13-5-23(6-14-27)31(24-7-15-28(34)16-8-24)21-1-2-22(4-3-21)32(25-9-17-29(35)18-10-25)26-11-19-30(36)20-12-26;1-4-5-6-12-8(13)7-10(2,3)11-9(12)14;1-2/h1-20,31-36H;4-7H2,1-3H3,(H,11,14);1-2H3. The molecule has 1 aliphatic heterocycles. The van der Waals surface area contributed by atoms with E-state index in [2.05, 4.69) is 29.6 Å². The van der Waals surface area contributed by atoms with Crippen molar-refractivity contribution in [1.29, 1.82) is 0 Å². The fourth-order valence-corrected chi connectivity index (χ4v) is 6.23. The number of rotatable bonds is 9. The van der Waals surface area contributed by atoms with Crippen molar-refractivity contribution in [2.75, 3.05) is 6.54 Å². The first-order chi connectivity index (χ1) is 24.9. The third-order valence-corrected chi connectivity index (χ3v) is 8.83. The van der Waals surface area contributed by atoms with Crippen LogP contribution in [0.2, 0.25) is 0 Å². The Balaban J connectivity index is 0.000000318. The van der Waals surface area contributed by atoms with Crippen molar-refractivity contribution in [2.45, 2.75) is 71.3 Å². The van der Waals surface area contributed by atoms with Crippen molar-refractivity contribution in [2.24, 2.45) is 0 Å². The average molecular weight is 703 g/mol. The first-order valence-corrected chi connectivity index (χ1v) is 17.8. The Labute approximate surface area is 307 Å². The molecule has 0 atom stereocenters. The van der Waals surface area contributed by atoms with Gasteiger partial charge in [0.05, 0.1) is 0 Å². The number of imide groups is 1. The van der Waals surface area contributed by atoms with Gasteiger partial charge >= 0.3 is 6.03 Å². The Morgan fingerprint density at radius 2 is 0.827 bits per heavy atom. The number of phenols is 4. The van der Waals surface area contributed by atoms with Gasteiger partial charge in [-0.15, -0.1) is 0 Å². The highest BCUT2D eigenvalue weighted by molar-refractivity contribution is 5.97. The first-order valence-electron chi connectivity index (χ1n) is 17.8. The van der Waals surface area contributed by atoms with E-state index < -0.39 is 5.54 Å². The second kappa shape index (κ2) is 17.9. The van der Waals surface area contributed by atoms with E-state index in [1.165, 1.54) is 4.90 Å². The van der Waals surface area contributed by atoms with Crippen LogP contribution in [0, 0.1) is 0 Å². The van der Waals surface area contributed by atoms with Crippen molar-refractivity contribution >= 4 is 11.9 Å². The third-order valence-electron chi connectivity index (χ3n) is 8.83. The number of urea groups is 1. The maximum atomic E-state index is 11.6. The highest BCUT2D eigenvalue weighted by Crippen LogP contribution is 2.37. The number of unbranched alkanes of at least 4 members (excludes halogenated alkanes) is 1. The minimum absolute atomic E-state index is 0.0628. The van der Waals surface area contributed by atoms with Crippen LogP contribution in [0.15, 0.2) is 121 Å². The Kier molecular flexibility index (Phi) is 13.5. The Bertz CT molecular complexity index is 1640.